The Morgan fingerprint density at radius 1 is 1.39 bits per heavy atom. The van der Waals surface area contributed by atoms with Gasteiger partial charge in [-0.15, -0.1) is 11.3 Å². The Morgan fingerprint density at radius 2 is 2.17 bits per heavy atom. The highest BCUT2D eigenvalue weighted by atomic mass is 32.1. The molecule has 0 unspecified atom stereocenters. The van der Waals surface area contributed by atoms with Gasteiger partial charge in [-0.05, 0) is 25.5 Å². The minimum absolute atomic E-state index is 0.234. The van der Waals surface area contributed by atoms with Gasteiger partial charge in [-0.3, -0.25) is 4.79 Å². The molecule has 0 spiro atoms. The van der Waals surface area contributed by atoms with Crippen LogP contribution in [0, 0.1) is 13.8 Å². The van der Waals surface area contributed by atoms with E-state index in [-0.39, 0.29) is 12.4 Å². The van der Waals surface area contributed by atoms with Crippen LogP contribution in [-0.4, -0.2) is 18.1 Å². The fourth-order valence-electron chi connectivity index (χ4n) is 1.70. The van der Waals surface area contributed by atoms with E-state index in [0.29, 0.717) is 0 Å². The molecular weight excluding hydrogens is 246 g/mol. The quantitative estimate of drug-likeness (QED) is 0.797. The number of aromatic nitrogens is 1. The summed E-state index contributed by atoms with van der Waals surface area (Å²) in [6.07, 6.45) is 0.234. The molecule has 1 heterocycles. The summed E-state index contributed by atoms with van der Waals surface area (Å²) in [6, 6.07) is 6.30. The molecule has 0 N–H and O–H groups in total. The molecule has 0 aliphatic carbocycles. The first kappa shape index (κ1) is 12.8. The molecule has 1 aromatic heterocycles. The van der Waals surface area contributed by atoms with Crippen LogP contribution in [0.3, 0.4) is 0 Å². The topological polar surface area (TPSA) is 39.2 Å². The molecule has 2 rings (SSSR count). The lowest BCUT2D eigenvalue weighted by Gasteiger charge is -2.03. The first-order valence-electron chi connectivity index (χ1n) is 5.69. The lowest BCUT2D eigenvalue weighted by molar-refractivity contribution is -0.139. The lowest BCUT2D eigenvalue weighted by atomic mass is 10.1. The number of nitrogens with zero attached hydrogens (tertiary/aromatic N) is 1. The van der Waals surface area contributed by atoms with E-state index in [9.17, 15) is 4.79 Å². The molecule has 2 aromatic rings. The number of carbonyl (C=O) groups excluding carboxylic acids is 1. The number of methoxy groups -OCH3 is 1. The smallest absolute Gasteiger partial charge is 0.311 e. The Morgan fingerprint density at radius 3 is 2.89 bits per heavy atom. The van der Waals surface area contributed by atoms with Crippen LogP contribution < -0.4 is 0 Å². The largest absolute Gasteiger partial charge is 0.469 e. The number of carbonyl (C=O) groups is 1. The van der Waals surface area contributed by atoms with Gasteiger partial charge in [-0.25, -0.2) is 4.98 Å². The van der Waals surface area contributed by atoms with Gasteiger partial charge in [0.15, 0.2) is 0 Å². The first-order valence-corrected chi connectivity index (χ1v) is 6.57. The number of hydrogen-bond acceptors (Lipinski definition) is 4. The van der Waals surface area contributed by atoms with Crippen molar-refractivity contribution in [2.75, 3.05) is 7.11 Å². The van der Waals surface area contributed by atoms with Crippen LogP contribution in [0.2, 0.25) is 0 Å². The average Bonchev–Trinajstić information content (AvgIpc) is 2.80. The van der Waals surface area contributed by atoms with Crippen LogP contribution in [0.4, 0.5) is 0 Å². The highest BCUT2D eigenvalue weighted by Gasteiger charge is 2.10. The monoisotopic (exact) mass is 261 g/mol. The molecule has 94 valence electrons. The van der Waals surface area contributed by atoms with Crippen molar-refractivity contribution >= 4 is 17.3 Å². The third kappa shape index (κ3) is 2.76. The van der Waals surface area contributed by atoms with Crippen LogP contribution in [0.15, 0.2) is 23.6 Å². The summed E-state index contributed by atoms with van der Waals surface area (Å²) in [7, 11) is 1.39. The van der Waals surface area contributed by atoms with Gasteiger partial charge in [0.2, 0.25) is 0 Å². The zero-order valence-corrected chi connectivity index (χ0v) is 11.5. The highest BCUT2D eigenvalue weighted by molar-refractivity contribution is 7.13. The highest BCUT2D eigenvalue weighted by Crippen LogP contribution is 2.27. The van der Waals surface area contributed by atoms with Gasteiger partial charge in [0.05, 0.1) is 19.2 Å². The number of esters is 1. The van der Waals surface area contributed by atoms with Crippen LogP contribution >= 0.6 is 11.3 Å². The van der Waals surface area contributed by atoms with E-state index in [1.54, 1.807) is 11.3 Å². The molecule has 4 heteroatoms. The Balaban J connectivity index is 2.29. The first-order chi connectivity index (χ1) is 8.60. The van der Waals surface area contributed by atoms with Gasteiger partial charge in [0, 0.05) is 10.9 Å². The molecular formula is C14H15NO2S. The Hall–Kier alpha value is -1.68. The fraction of sp³-hybridized carbons (Fsp3) is 0.286. The Bertz CT molecular complexity index is 575. The SMILES string of the molecule is COC(=O)Cc1csc(-c2cc(C)ccc2C)n1. The zero-order valence-electron chi connectivity index (χ0n) is 10.7. The van der Waals surface area contributed by atoms with Crippen molar-refractivity contribution in [3.63, 3.8) is 0 Å². The van der Waals surface area contributed by atoms with Gasteiger partial charge in [0.25, 0.3) is 0 Å². The predicted molar refractivity (Wildman–Crippen MR) is 72.7 cm³/mol. The third-order valence-corrected chi connectivity index (χ3v) is 3.65. The summed E-state index contributed by atoms with van der Waals surface area (Å²) < 4.78 is 4.64. The summed E-state index contributed by atoms with van der Waals surface area (Å²) in [4.78, 5) is 15.7. The van der Waals surface area contributed by atoms with Crippen molar-refractivity contribution in [2.45, 2.75) is 20.3 Å². The maximum atomic E-state index is 11.2. The van der Waals surface area contributed by atoms with E-state index in [1.165, 1.54) is 18.2 Å². The van der Waals surface area contributed by atoms with Gasteiger partial charge >= 0.3 is 5.97 Å². The summed E-state index contributed by atoms with van der Waals surface area (Å²) in [5.41, 5.74) is 4.30. The van der Waals surface area contributed by atoms with Crippen LogP contribution in [0.1, 0.15) is 16.8 Å². The number of ether oxygens (including phenoxy) is 1. The number of benzene rings is 1. The van der Waals surface area contributed by atoms with Crippen molar-refractivity contribution < 1.29 is 9.53 Å². The molecule has 0 bridgehead atoms. The minimum atomic E-state index is -0.257. The molecule has 18 heavy (non-hydrogen) atoms. The fourth-order valence-corrected chi connectivity index (χ4v) is 2.60. The van der Waals surface area contributed by atoms with Gasteiger partial charge in [-0.2, -0.15) is 0 Å². The molecule has 0 aliphatic heterocycles. The normalized spacial score (nSPS) is 10.4. The van der Waals surface area contributed by atoms with Crippen LogP contribution in [0.25, 0.3) is 10.6 Å². The summed E-state index contributed by atoms with van der Waals surface area (Å²) in [6.45, 7) is 4.13. The molecule has 0 saturated heterocycles. The Kier molecular flexibility index (Phi) is 3.77. The number of rotatable bonds is 3. The zero-order chi connectivity index (χ0) is 13.1. The van der Waals surface area contributed by atoms with Crippen molar-refractivity contribution in [2.24, 2.45) is 0 Å². The maximum absolute atomic E-state index is 11.2. The lowest BCUT2D eigenvalue weighted by Crippen LogP contribution is -2.04. The Labute approximate surface area is 110 Å². The minimum Gasteiger partial charge on any atom is -0.469 e. The van der Waals surface area contributed by atoms with E-state index in [1.807, 2.05) is 5.38 Å². The van der Waals surface area contributed by atoms with Gasteiger partial charge < -0.3 is 4.74 Å². The van der Waals surface area contributed by atoms with E-state index < -0.39 is 0 Å². The van der Waals surface area contributed by atoms with Gasteiger partial charge in [0.1, 0.15) is 5.01 Å². The number of hydrogen-bond donors (Lipinski definition) is 0. The van der Waals surface area contributed by atoms with E-state index >= 15 is 0 Å². The van der Waals surface area contributed by atoms with Crippen molar-refractivity contribution in [1.29, 1.82) is 0 Å². The summed E-state index contributed by atoms with van der Waals surface area (Å²) in [5.74, 6) is -0.257. The molecule has 0 saturated carbocycles. The molecule has 0 atom stereocenters. The standard InChI is InChI=1S/C14H15NO2S/c1-9-4-5-10(2)12(6-9)14-15-11(8-18-14)7-13(16)17-3/h4-6,8H,7H2,1-3H3. The second-order valence-electron chi connectivity index (χ2n) is 4.22. The maximum Gasteiger partial charge on any atom is 0.311 e. The second kappa shape index (κ2) is 5.31. The van der Waals surface area contributed by atoms with Crippen LogP contribution in [-0.2, 0) is 16.0 Å². The van der Waals surface area contributed by atoms with E-state index in [0.717, 1.165) is 16.3 Å². The van der Waals surface area contributed by atoms with E-state index in [2.05, 4.69) is 41.8 Å². The van der Waals surface area contributed by atoms with Crippen molar-refractivity contribution in [3.8, 4) is 10.6 Å². The molecule has 0 radical (unpaired) electrons. The predicted octanol–water partition coefficient (Wildman–Crippen LogP) is 3.14. The summed E-state index contributed by atoms with van der Waals surface area (Å²) >= 11 is 1.56. The molecule has 0 aliphatic rings. The van der Waals surface area contributed by atoms with Crippen molar-refractivity contribution in [3.05, 3.63) is 40.4 Å². The molecule has 0 amide bonds. The van der Waals surface area contributed by atoms with E-state index in [4.69, 9.17) is 0 Å². The van der Waals surface area contributed by atoms with Crippen LogP contribution in [0.5, 0.6) is 0 Å². The van der Waals surface area contributed by atoms with Gasteiger partial charge in [-0.1, -0.05) is 17.7 Å². The van der Waals surface area contributed by atoms with Crippen molar-refractivity contribution in [1.82, 2.24) is 4.98 Å². The number of thiazole rings is 1. The molecule has 3 nitrogen and oxygen atoms in total. The molecule has 1 aromatic carbocycles. The average molecular weight is 261 g/mol. The molecule has 0 fully saturated rings. The third-order valence-electron chi connectivity index (χ3n) is 2.73. The number of aryl methyl sites for hydroxylation is 2. The summed E-state index contributed by atoms with van der Waals surface area (Å²) in [5, 5.41) is 2.86. The second-order valence-corrected chi connectivity index (χ2v) is 5.07.